The fraction of sp³-hybridized carbons (Fsp3) is 0.600. The molecule has 0 radical (unpaired) electrons. The lowest BCUT2D eigenvalue weighted by Gasteiger charge is -2.36. The van der Waals surface area contributed by atoms with E-state index in [1.165, 1.54) is 12.1 Å². The van der Waals surface area contributed by atoms with Gasteiger partial charge in [0, 0.05) is 45.0 Å². The van der Waals surface area contributed by atoms with E-state index in [1.54, 1.807) is 6.07 Å². The summed E-state index contributed by atoms with van der Waals surface area (Å²) in [5.41, 5.74) is 5.39. The van der Waals surface area contributed by atoms with Crippen LogP contribution in [0.25, 0.3) is 0 Å². The van der Waals surface area contributed by atoms with Crippen LogP contribution in [0.3, 0.4) is 0 Å². The van der Waals surface area contributed by atoms with Crippen molar-refractivity contribution in [3.05, 3.63) is 29.8 Å². The van der Waals surface area contributed by atoms with Crippen LogP contribution in [-0.2, 0) is 10.9 Å². The maximum absolute atomic E-state index is 12.7. The van der Waals surface area contributed by atoms with Gasteiger partial charge in [-0.1, -0.05) is 6.07 Å². The van der Waals surface area contributed by atoms with E-state index in [1.807, 2.05) is 4.90 Å². The maximum Gasteiger partial charge on any atom is 0.416 e. The molecule has 124 valence electrons. The summed E-state index contributed by atoms with van der Waals surface area (Å²) in [5.74, 6) is 0. The van der Waals surface area contributed by atoms with Crippen molar-refractivity contribution in [3.63, 3.8) is 0 Å². The average molecular weight is 317 g/mol. The fourth-order valence-electron chi connectivity index (χ4n) is 2.49. The summed E-state index contributed by atoms with van der Waals surface area (Å²) in [4.78, 5) is 4.24. The van der Waals surface area contributed by atoms with E-state index in [9.17, 15) is 13.2 Å². The van der Waals surface area contributed by atoms with E-state index in [0.29, 0.717) is 25.4 Å². The van der Waals surface area contributed by atoms with Gasteiger partial charge in [-0.3, -0.25) is 4.90 Å². The predicted molar refractivity (Wildman–Crippen MR) is 80.0 cm³/mol. The molecule has 1 heterocycles. The zero-order valence-electron chi connectivity index (χ0n) is 12.5. The smallest absolute Gasteiger partial charge is 0.379 e. The van der Waals surface area contributed by atoms with Gasteiger partial charge in [-0.25, -0.2) is 0 Å². The highest BCUT2D eigenvalue weighted by molar-refractivity contribution is 5.49. The minimum absolute atomic E-state index is 0.517. The first-order chi connectivity index (χ1) is 10.5. The number of nitrogens with zero attached hydrogens (tertiary/aromatic N) is 2. The number of hydrogen-bond acceptors (Lipinski definition) is 4. The molecule has 2 N–H and O–H groups in total. The molecule has 1 saturated heterocycles. The summed E-state index contributed by atoms with van der Waals surface area (Å²) >= 11 is 0. The first-order valence-electron chi connectivity index (χ1n) is 7.43. The molecule has 0 saturated carbocycles. The molecule has 0 atom stereocenters. The summed E-state index contributed by atoms with van der Waals surface area (Å²) in [6.45, 7) is 5.63. The Bertz CT molecular complexity index is 460. The largest absolute Gasteiger partial charge is 0.416 e. The number of halogens is 3. The van der Waals surface area contributed by atoms with Crippen LogP contribution in [-0.4, -0.2) is 57.4 Å². The standard InChI is InChI=1S/C15H22F3N3O/c16-15(17,18)13-2-1-3-14(12-13)21-7-5-20(6-8-21)9-11-22-10-4-19/h1-3,12H,4-11,19H2. The zero-order valence-corrected chi connectivity index (χ0v) is 12.5. The van der Waals surface area contributed by atoms with Crippen LogP contribution in [0, 0.1) is 0 Å². The zero-order chi connectivity index (χ0) is 16.0. The molecule has 0 aliphatic carbocycles. The van der Waals surface area contributed by atoms with Gasteiger partial charge >= 0.3 is 6.18 Å². The van der Waals surface area contributed by atoms with Gasteiger partial charge in [0.25, 0.3) is 0 Å². The van der Waals surface area contributed by atoms with Gasteiger partial charge in [-0.15, -0.1) is 0 Å². The van der Waals surface area contributed by atoms with Crippen LogP contribution < -0.4 is 10.6 Å². The normalized spacial score (nSPS) is 17.0. The van der Waals surface area contributed by atoms with Gasteiger partial charge in [-0.2, -0.15) is 13.2 Å². The summed E-state index contributed by atoms with van der Waals surface area (Å²) in [6.07, 6.45) is -4.29. The van der Waals surface area contributed by atoms with Crippen molar-refractivity contribution >= 4 is 5.69 Å². The van der Waals surface area contributed by atoms with Gasteiger partial charge in [0.1, 0.15) is 0 Å². The van der Waals surface area contributed by atoms with E-state index in [4.69, 9.17) is 10.5 Å². The lowest BCUT2D eigenvalue weighted by molar-refractivity contribution is -0.137. The lowest BCUT2D eigenvalue weighted by Crippen LogP contribution is -2.47. The summed E-state index contributed by atoms with van der Waals surface area (Å²) in [6, 6.07) is 5.52. The highest BCUT2D eigenvalue weighted by Gasteiger charge is 2.31. The molecule has 0 aromatic heterocycles. The Hall–Kier alpha value is -1.31. The van der Waals surface area contributed by atoms with E-state index >= 15 is 0 Å². The Morgan fingerprint density at radius 2 is 1.82 bits per heavy atom. The quantitative estimate of drug-likeness (QED) is 0.813. The van der Waals surface area contributed by atoms with Gasteiger partial charge in [0.05, 0.1) is 18.8 Å². The number of rotatable bonds is 6. The molecule has 1 aliphatic heterocycles. The topological polar surface area (TPSA) is 41.7 Å². The van der Waals surface area contributed by atoms with Gasteiger partial charge < -0.3 is 15.4 Å². The van der Waals surface area contributed by atoms with Crippen molar-refractivity contribution in [1.29, 1.82) is 0 Å². The second-order valence-corrected chi connectivity index (χ2v) is 5.28. The van der Waals surface area contributed by atoms with Crippen molar-refractivity contribution in [2.24, 2.45) is 5.73 Å². The van der Waals surface area contributed by atoms with Crippen LogP contribution in [0.4, 0.5) is 18.9 Å². The number of hydrogen-bond donors (Lipinski definition) is 1. The lowest BCUT2D eigenvalue weighted by atomic mass is 10.1. The molecular weight excluding hydrogens is 295 g/mol. The van der Waals surface area contributed by atoms with E-state index in [0.717, 1.165) is 38.8 Å². The van der Waals surface area contributed by atoms with Crippen molar-refractivity contribution in [2.45, 2.75) is 6.18 Å². The van der Waals surface area contributed by atoms with Crippen LogP contribution >= 0.6 is 0 Å². The average Bonchev–Trinajstić information content (AvgIpc) is 2.51. The highest BCUT2D eigenvalue weighted by atomic mass is 19.4. The van der Waals surface area contributed by atoms with Gasteiger partial charge in [-0.05, 0) is 18.2 Å². The molecule has 1 aromatic rings. The second kappa shape index (κ2) is 7.80. The monoisotopic (exact) mass is 317 g/mol. The van der Waals surface area contributed by atoms with Crippen molar-refractivity contribution in [1.82, 2.24) is 4.90 Å². The van der Waals surface area contributed by atoms with E-state index in [2.05, 4.69) is 4.90 Å². The minimum atomic E-state index is -4.29. The summed E-state index contributed by atoms with van der Waals surface area (Å²) < 4.78 is 43.6. The molecule has 1 aromatic carbocycles. The molecule has 1 fully saturated rings. The van der Waals surface area contributed by atoms with E-state index < -0.39 is 11.7 Å². The van der Waals surface area contributed by atoms with Crippen LogP contribution in [0.1, 0.15) is 5.56 Å². The van der Waals surface area contributed by atoms with Crippen molar-refractivity contribution < 1.29 is 17.9 Å². The third-order valence-corrected chi connectivity index (χ3v) is 3.72. The summed E-state index contributed by atoms with van der Waals surface area (Å²) in [7, 11) is 0. The number of anilines is 1. The Balaban J connectivity index is 1.84. The molecular formula is C15H22F3N3O. The minimum Gasteiger partial charge on any atom is -0.379 e. The van der Waals surface area contributed by atoms with E-state index in [-0.39, 0.29) is 0 Å². The first kappa shape index (κ1) is 17.1. The van der Waals surface area contributed by atoms with Crippen LogP contribution in [0.2, 0.25) is 0 Å². The number of benzene rings is 1. The third-order valence-electron chi connectivity index (χ3n) is 3.72. The number of nitrogens with two attached hydrogens (primary N) is 1. The Labute approximate surface area is 128 Å². The third kappa shape index (κ3) is 4.86. The molecule has 0 spiro atoms. The molecule has 7 heteroatoms. The number of alkyl halides is 3. The van der Waals surface area contributed by atoms with Gasteiger partial charge in [0.2, 0.25) is 0 Å². The second-order valence-electron chi connectivity index (χ2n) is 5.28. The number of ether oxygens (including phenoxy) is 1. The molecule has 2 rings (SSSR count). The Kier molecular flexibility index (Phi) is 6.05. The highest BCUT2D eigenvalue weighted by Crippen LogP contribution is 2.31. The Morgan fingerprint density at radius 3 is 2.45 bits per heavy atom. The maximum atomic E-state index is 12.7. The van der Waals surface area contributed by atoms with Crippen molar-refractivity contribution in [3.8, 4) is 0 Å². The molecule has 4 nitrogen and oxygen atoms in total. The fourth-order valence-corrected chi connectivity index (χ4v) is 2.49. The summed E-state index contributed by atoms with van der Waals surface area (Å²) in [5, 5.41) is 0. The van der Waals surface area contributed by atoms with Crippen LogP contribution in [0.15, 0.2) is 24.3 Å². The molecule has 0 amide bonds. The van der Waals surface area contributed by atoms with Crippen molar-refractivity contribution in [2.75, 3.05) is 57.4 Å². The number of piperazine rings is 1. The molecule has 1 aliphatic rings. The first-order valence-corrected chi connectivity index (χ1v) is 7.43. The Morgan fingerprint density at radius 1 is 1.09 bits per heavy atom. The molecule has 0 bridgehead atoms. The molecule has 0 unspecified atom stereocenters. The molecule has 22 heavy (non-hydrogen) atoms. The van der Waals surface area contributed by atoms with Gasteiger partial charge in [0.15, 0.2) is 0 Å². The predicted octanol–water partition coefficient (Wildman–Crippen LogP) is 1.80. The van der Waals surface area contributed by atoms with Crippen LogP contribution in [0.5, 0.6) is 0 Å². The SMILES string of the molecule is NCCOCCN1CCN(c2cccc(C(F)(F)F)c2)CC1.